The molecule has 7 nitrogen and oxygen atoms in total. The topological polar surface area (TPSA) is 72.8 Å². The smallest absolute Gasteiger partial charge is 0.231 e. The molecular weight excluding hydrogens is 432 g/mol. The summed E-state index contributed by atoms with van der Waals surface area (Å²) in [5, 5.41) is 15.5. The molecule has 0 amide bonds. The molecule has 0 spiro atoms. The van der Waals surface area contributed by atoms with Crippen molar-refractivity contribution in [2.24, 2.45) is 5.16 Å². The summed E-state index contributed by atoms with van der Waals surface area (Å²) >= 11 is 6.38. The quantitative estimate of drug-likeness (QED) is 0.580. The van der Waals surface area contributed by atoms with Gasteiger partial charge in [-0.3, -0.25) is 4.90 Å². The van der Waals surface area contributed by atoms with Crippen LogP contribution < -0.4 is 9.47 Å². The van der Waals surface area contributed by atoms with Crippen molar-refractivity contribution < 1.29 is 24.2 Å². The van der Waals surface area contributed by atoms with Gasteiger partial charge < -0.3 is 24.2 Å². The SMILES string of the molecule is CC(C)OC[C@H](O)CN(Cc1ccccc1Cl)C[C@H]1CC(c2ccc3c(c2)OCO3)=NO1. The number of oxime groups is 1. The van der Waals surface area contributed by atoms with Gasteiger partial charge in [0.25, 0.3) is 0 Å². The number of ether oxygens (including phenoxy) is 3. The highest BCUT2D eigenvalue weighted by molar-refractivity contribution is 6.31. The Labute approximate surface area is 193 Å². The summed E-state index contributed by atoms with van der Waals surface area (Å²) in [6.07, 6.45) is -0.0128. The molecule has 0 saturated carbocycles. The third-order valence-electron chi connectivity index (χ3n) is 5.34. The molecule has 32 heavy (non-hydrogen) atoms. The van der Waals surface area contributed by atoms with Crippen LogP contribution in [-0.4, -0.2) is 60.5 Å². The molecular formula is C24H29ClN2O5. The second-order valence-corrected chi connectivity index (χ2v) is 8.77. The molecule has 1 N–H and O–H groups in total. The lowest BCUT2D eigenvalue weighted by molar-refractivity contribution is -0.0194. The number of nitrogens with zero attached hydrogens (tertiary/aromatic N) is 2. The zero-order chi connectivity index (χ0) is 22.5. The Balaban J connectivity index is 1.39. The van der Waals surface area contributed by atoms with Crippen molar-refractivity contribution in [2.45, 2.75) is 45.1 Å². The van der Waals surface area contributed by atoms with E-state index in [4.69, 9.17) is 30.6 Å². The number of halogens is 1. The molecule has 0 aliphatic carbocycles. The molecule has 2 aliphatic rings. The van der Waals surface area contributed by atoms with E-state index >= 15 is 0 Å². The largest absolute Gasteiger partial charge is 0.454 e. The number of hydrogen-bond donors (Lipinski definition) is 1. The first kappa shape index (κ1) is 22.9. The first-order valence-electron chi connectivity index (χ1n) is 10.9. The van der Waals surface area contributed by atoms with Crippen molar-refractivity contribution in [1.29, 1.82) is 0 Å². The first-order chi connectivity index (χ1) is 15.5. The second kappa shape index (κ2) is 10.5. The second-order valence-electron chi connectivity index (χ2n) is 8.36. The van der Waals surface area contributed by atoms with Crippen LogP contribution in [0.2, 0.25) is 5.02 Å². The number of aliphatic hydroxyl groups is 1. The van der Waals surface area contributed by atoms with Gasteiger partial charge in [0.2, 0.25) is 6.79 Å². The maximum absolute atomic E-state index is 10.5. The fraction of sp³-hybridized carbons (Fsp3) is 0.458. The fourth-order valence-corrected chi connectivity index (χ4v) is 3.98. The van der Waals surface area contributed by atoms with E-state index in [0.29, 0.717) is 31.1 Å². The molecule has 2 aromatic rings. The number of aliphatic hydroxyl groups excluding tert-OH is 1. The summed E-state index contributed by atoms with van der Waals surface area (Å²) in [4.78, 5) is 7.88. The molecule has 0 radical (unpaired) electrons. The Morgan fingerprint density at radius 3 is 2.81 bits per heavy atom. The van der Waals surface area contributed by atoms with Crippen molar-refractivity contribution in [3.05, 3.63) is 58.6 Å². The van der Waals surface area contributed by atoms with E-state index in [1.165, 1.54) is 0 Å². The van der Waals surface area contributed by atoms with Crippen LogP contribution in [0.25, 0.3) is 0 Å². The Bertz CT molecular complexity index is 952. The highest BCUT2D eigenvalue weighted by Gasteiger charge is 2.27. The van der Waals surface area contributed by atoms with Crippen LogP contribution in [0.4, 0.5) is 0 Å². The molecule has 4 rings (SSSR count). The van der Waals surface area contributed by atoms with Crippen molar-refractivity contribution in [3.63, 3.8) is 0 Å². The van der Waals surface area contributed by atoms with Gasteiger partial charge in [0.1, 0.15) is 6.10 Å². The molecule has 0 bridgehead atoms. The number of rotatable bonds is 10. The summed E-state index contributed by atoms with van der Waals surface area (Å²) in [6.45, 7) is 6.06. The van der Waals surface area contributed by atoms with E-state index in [9.17, 15) is 5.11 Å². The van der Waals surface area contributed by atoms with Crippen LogP contribution in [0, 0.1) is 0 Å². The normalized spacial score (nSPS) is 18.2. The van der Waals surface area contributed by atoms with Crippen molar-refractivity contribution in [1.82, 2.24) is 4.90 Å². The minimum absolute atomic E-state index is 0.0671. The molecule has 172 valence electrons. The molecule has 2 aliphatic heterocycles. The van der Waals surface area contributed by atoms with E-state index in [1.54, 1.807) is 0 Å². The molecule has 0 saturated heterocycles. The van der Waals surface area contributed by atoms with Crippen LogP contribution in [0.15, 0.2) is 47.6 Å². The van der Waals surface area contributed by atoms with E-state index in [0.717, 1.165) is 28.3 Å². The summed E-state index contributed by atoms with van der Waals surface area (Å²) in [6, 6.07) is 13.5. The predicted octanol–water partition coefficient (Wildman–Crippen LogP) is 3.85. The Morgan fingerprint density at radius 2 is 2.00 bits per heavy atom. The average Bonchev–Trinajstić information content (AvgIpc) is 3.42. The minimum Gasteiger partial charge on any atom is -0.454 e. The molecule has 0 unspecified atom stereocenters. The van der Waals surface area contributed by atoms with Gasteiger partial charge in [-0.1, -0.05) is 35.0 Å². The first-order valence-corrected chi connectivity index (χ1v) is 11.2. The van der Waals surface area contributed by atoms with Crippen LogP contribution in [-0.2, 0) is 16.1 Å². The van der Waals surface area contributed by atoms with Crippen LogP contribution in [0.1, 0.15) is 31.4 Å². The van der Waals surface area contributed by atoms with Gasteiger partial charge in [-0.2, -0.15) is 0 Å². The standard InChI is InChI=1S/C24H29ClN2O5/c1-16(2)29-14-19(28)12-27(11-18-5-3-4-6-21(18)25)13-20-10-22(26-32-20)17-7-8-23-24(9-17)31-15-30-23/h3-9,16,19-20,28H,10-15H2,1-2H3/t19-,20-/m1/s1. The van der Waals surface area contributed by atoms with Crippen molar-refractivity contribution in [3.8, 4) is 11.5 Å². The fourth-order valence-electron chi connectivity index (χ4n) is 3.79. The van der Waals surface area contributed by atoms with Gasteiger partial charge >= 0.3 is 0 Å². The molecule has 8 heteroatoms. The van der Waals surface area contributed by atoms with E-state index in [-0.39, 0.29) is 25.6 Å². The van der Waals surface area contributed by atoms with Crippen LogP contribution in [0.3, 0.4) is 0 Å². The van der Waals surface area contributed by atoms with E-state index in [1.807, 2.05) is 56.3 Å². The zero-order valence-electron chi connectivity index (χ0n) is 18.4. The summed E-state index contributed by atoms with van der Waals surface area (Å²) in [7, 11) is 0. The minimum atomic E-state index is -0.615. The Kier molecular flexibility index (Phi) is 7.52. The predicted molar refractivity (Wildman–Crippen MR) is 122 cm³/mol. The lowest BCUT2D eigenvalue weighted by atomic mass is 10.0. The Hall–Kier alpha value is -2.32. The van der Waals surface area contributed by atoms with Gasteiger partial charge in [0, 0.05) is 36.6 Å². The summed E-state index contributed by atoms with van der Waals surface area (Å²) in [5.74, 6) is 1.47. The number of fused-ring (bicyclic) bond motifs is 1. The summed E-state index contributed by atoms with van der Waals surface area (Å²) in [5.41, 5.74) is 2.83. The maximum Gasteiger partial charge on any atom is 0.231 e. The molecule has 2 aromatic carbocycles. The molecule has 0 aromatic heterocycles. The third-order valence-corrected chi connectivity index (χ3v) is 5.71. The van der Waals surface area contributed by atoms with Crippen molar-refractivity contribution in [2.75, 3.05) is 26.5 Å². The van der Waals surface area contributed by atoms with Crippen LogP contribution in [0.5, 0.6) is 11.5 Å². The average molecular weight is 461 g/mol. The highest BCUT2D eigenvalue weighted by atomic mass is 35.5. The highest BCUT2D eigenvalue weighted by Crippen LogP contribution is 2.33. The summed E-state index contributed by atoms with van der Waals surface area (Å²) < 4.78 is 16.4. The van der Waals surface area contributed by atoms with E-state index < -0.39 is 6.10 Å². The van der Waals surface area contributed by atoms with Gasteiger partial charge in [-0.25, -0.2) is 0 Å². The monoisotopic (exact) mass is 460 g/mol. The Morgan fingerprint density at radius 1 is 1.19 bits per heavy atom. The number of benzene rings is 2. The molecule has 0 fully saturated rings. The van der Waals surface area contributed by atoms with Gasteiger partial charge in [-0.05, 0) is 43.7 Å². The third kappa shape index (κ3) is 5.92. The zero-order valence-corrected chi connectivity index (χ0v) is 19.1. The lowest BCUT2D eigenvalue weighted by Gasteiger charge is -2.27. The van der Waals surface area contributed by atoms with E-state index in [2.05, 4.69) is 10.1 Å². The van der Waals surface area contributed by atoms with Gasteiger partial charge in [0.15, 0.2) is 11.5 Å². The maximum atomic E-state index is 10.5. The van der Waals surface area contributed by atoms with Gasteiger partial charge in [-0.15, -0.1) is 0 Å². The number of hydrogen-bond acceptors (Lipinski definition) is 7. The molecule has 2 atom stereocenters. The molecule has 2 heterocycles. The van der Waals surface area contributed by atoms with Crippen LogP contribution >= 0.6 is 11.6 Å². The van der Waals surface area contributed by atoms with Gasteiger partial charge in [0.05, 0.1) is 24.5 Å². The van der Waals surface area contributed by atoms with Crippen molar-refractivity contribution >= 4 is 17.3 Å². The lowest BCUT2D eigenvalue weighted by Crippen LogP contribution is -2.39.